The molecule has 0 amide bonds. The maximum absolute atomic E-state index is 9.43. The molecule has 4 rings (SSSR count). The summed E-state index contributed by atoms with van der Waals surface area (Å²) in [6.07, 6.45) is 5.51. The van der Waals surface area contributed by atoms with Crippen LogP contribution < -0.4 is 11.1 Å². The second kappa shape index (κ2) is 7.38. The van der Waals surface area contributed by atoms with Crippen molar-refractivity contribution in [2.45, 2.75) is 12.5 Å². The third kappa shape index (κ3) is 3.42. The molecule has 3 aromatic heterocycles. The molecule has 136 valence electrons. The van der Waals surface area contributed by atoms with Gasteiger partial charge in [-0.1, -0.05) is 30.3 Å². The number of fused-ring (bicyclic) bond motifs is 1. The van der Waals surface area contributed by atoms with E-state index in [1.165, 1.54) is 6.33 Å². The number of hydrogen-bond acceptors (Lipinski definition) is 7. The van der Waals surface area contributed by atoms with Crippen LogP contribution in [0.3, 0.4) is 0 Å². The highest BCUT2D eigenvalue weighted by molar-refractivity contribution is 5.84. The first-order chi connectivity index (χ1) is 13.3. The Bertz CT molecular complexity index is 1050. The summed E-state index contributed by atoms with van der Waals surface area (Å²) in [4.78, 5) is 13.0. The lowest BCUT2D eigenvalue weighted by atomic mass is 10.0. The molecule has 27 heavy (non-hydrogen) atoms. The minimum Gasteiger partial charge on any atom is -0.396 e. The number of anilines is 2. The van der Waals surface area contributed by atoms with Crippen LogP contribution in [-0.4, -0.2) is 36.3 Å². The van der Waals surface area contributed by atoms with Gasteiger partial charge in [0.15, 0.2) is 11.5 Å². The summed E-state index contributed by atoms with van der Waals surface area (Å²) in [6.45, 7) is 0.0649. The lowest BCUT2D eigenvalue weighted by molar-refractivity contribution is 0.280. The molecule has 3 heterocycles. The van der Waals surface area contributed by atoms with Crippen LogP contribution in [0.25, 0.3) is 16.9 Å². The smallest absolute Gasteiger partial charge is 0.166 e. The number of aliphatic hydroxyl groups excluding tert-OH is 1. The van der Waals surface area contributed by atoms with Crippen LogP contribution >= 0.6 is 0 Å². The van der Waals surface area contributed by atoms with E-state index < -0.39 is 0 Å². The van der Waals surface area contributed by atoms with Gasteiger partial charge >= 0.3 is 0 Å². The Balaban J connectivity index is 1.69. The summed E-state index contributed by atoms with van der Waals surface area (Å²) >= 11 is 0. The maximum atomic E-state index is 9.43. The van der Waals surface area contributed by atoms with Gasteiger partial charge in [-0.25, -0.2) is 19.5 Å². The minimum atomic E-state index is -0.0710. The molecule has 0 aliphatic rings. The summed E-state index contributed by atoms with van der Waals surface area (Å²) in [7, 11) is 0. The van der Waals surface area contributed by atoms with E-state index in [9.17, 15) is 5.11 Å². The van der Waals surface area contributed by atoms with Gasteiger partial charge < -0.3 is 16.2 Å². The van der Waals surface area contributed by atoms with Crippen molar-refractivity contribution in [2.75, 3.05) is 17.7 Å². The maximum Gasteiger partial charge on any atom is 0.166 e. The van der Waals surface area contributed by atoms with E-state index in [1.807, 2.05) is 36.4 Å². The highest BCUT2D eigenvalue weighted by Gasteiger charge is 2.17. The van der Waals surface area contributed by atoms with Crippen molar-refractivity contribution in [2.24, 2.45) is 0 Å². The zero-order valence-corrected chi connectivity index (χ0v) is 14.5. The third-order valence-corrected chi connectivity index (χ3v) is 4.29. The van der Waals surface area contributed by atoms with Crippen molar-refractivity contribution < 1.29 is 5.11 Å². The fraction of sp³-hybridized carbons (Fsp3) is 0.158. The van der Waals surface area contributed by atoms with Crippen molar-refractivity contribution in [3.63, 3.8) is 0 Å². The number of nitrogens with one attached hydrogen (secondary N) is 1. The number of hydrogen-bond donors (Lipinski definition) is 3. The normalized spacial score (nSPS) is 12.2. The van der Waals surface area contributed by atoms with Gasteiger partial charge in [-0.15, -0.1) is 5.10 Å². The highest BCUT2D eigenvalue weighted by Crippen LogP contribution is 2.29. The van der Waals surface area contributed by atoms with E-state index in [1.54, 1.807) is 23.0 Å². The van der Waals surface area contributed by atoms with E-state index in [-0.39, 0.29) is 12.6 Å². The van der Waals surface area contributed by atoms with E-state index >= 15 is 0 Å². The van der Waals surface area contributed by atoms with Crippen molar-refractivity contribution >= 4 is 17.3 Å². The van der Waals surface area contributed by atoms with Crippen molar-refractivity contribution in [3.05, 3.63) is 66.7 Å². The van der Waals surface area contributed by atoms with Gasteiger partial charge in [-0.3, -0.25) is 0 Å². The molecule has 4 N–H and O–H groups in total. The van der Waals surface area contributed by atoms with Crippen LogP contribution in [0.2, 0.25) is 0 Å². The third-order valence-electron chi connectivity index (χ3n) is 4.29. The van der Waals surface area contributed by atoms with Gasteiger partial charge in [0.05, 0.1) is 17.3 Å². The molecule has 4 aromatic rings. The summed E-state index contributed by atoms with van der Waals surface area (Å²) in [6, 6.07) is 13.5. The van der Waals surface area contributed by atoms with Gasteiger partial charge in [-0.2, -0.15) is 0 Å². The summed E-state index contributed by atoms with van der Waals surface area (Å²) in [5, 5.41) is 17.1. The van der Waals surface area contributed by atoms with Crippen LogP contribution in [0.4, 0.5) is 11.6 Å². The van der Waals surface area contributed by atoms with E-state index in [4.69, 9.17) is 5.73 Å². The lowest BCUT2D eigenvalue weighted by Gasteiger charge is -2.19. The monoisotopic (exact) mass is 361 g/mol. The Kier molecular flexibility index (Phi) is 4.63. The van der Waals surface area contributed by atoms with Gasteiger partial charge in [-0.05, 0) is 18.1 Å². The van der Waals surface area contributed by atoms with Crippen molar-refractivity contribution in [1.29, 1.82) is 0 Å². The molecule has 0 unspecified atom stereocenters. The molecular weight excluding hydrogens is 342 g/mol. The molecule has 0 fully saturated rings. The number of nitrogen functional groups attached to an aromatic ring is 1. The quantitative estimate of drug-likeness (QED) is 0.483. The molecule has 0 saturated carbocycles. The van der Waals surface area contributed by atoms with Crippen LogP contribution in [0.5, 0.6) is 0 Å². The number of benzene rings is 1. The predicted octanol–water partition coefficient (Wildman–Crippen LogP) is 2.30. The molecule has 0 aliphatic heterocycles. The number of nitrogens with zero attached hydrogens (tertiary/aromatic N) is 5. The second-order valence-electron chi connectivity index (χ2n) is 6.06. The molecule has 0 bridgehead atoms. The molecule has 0 aliphatic carbocycles. The molecule has 1 aromatic carbocycles. The van der Waals surface area contributed by atoms with E-state index in [0.717, 1.165) is 5.56 Å². The average molecular weight is 361 g/mol. The molecule has 8 nitrogen and oxygen atoms in total. The van der Waals surface area contributed by atoms with Crippen molar-refractivity contribution in [3.8, 4) is 11.3 Å². The summed E-state index contributed by atoms with van der Waals surface area (Å²) in [5.41, 5.74) is 9.10. The molecule has 0 spiro atoms. The van der Waals surface area contributed by atoms with Crippen LogP contribution in [-0.2, 0) is 0 Å². The van der Waals surface area contributed by atoms with Gasteiger partial charge in [0.25, 0.3) is 0 Å². The number of nitrogens with two attached hydrogens (primary N) is 1. The summed E-state index contributed by atoms with van der Waals surface area (Å²) < 4.78 is 1.62. The molecule has 0 radical (unpaired) electrons. The standard InChI is InChI=1S/C19H19N7O/c20-18-17(19-21-8-4-9-26(19)25-18)15-11-16(23-12-22-15)24-14(7-10-27)13-5-2-1-3-6-13/h1-6,8-9,11-12,14,27H,7,10H2,(H2,20,25)(H,22,23,24)/t14-/m0/s1. The molecule has 1 atom stereocenters. The van der Waals surface area contributed by atoms with Gasteiger partial charge in [0.1, 0.15) is 12.1 Å². The first kappa shape index (κ1) is 16.9. The lowest BCUT2D eigenvalue weighted by Crippen LogP contribution is -2.13. The summed E-state index contributed by atoms with van der Waals surface area (Å²) in [5.74, 6) is 0.991. The fourth-order valence-electron chi connectivity index (χ4n) is 3.04. The Morgan fingerprint density at radius 1 is 1.11 bits per heavy atom. The first-order valence-corrected chi connectivity index (χ1v) is 8.60. The van der Waals surface area contributed by atoms with E-state index in [0.29, 0.717) is 35.0 Å². The number of rotatable bonds is 6. The SMILES string of the molecule is Nc1nn2cccnc2c1-c1cc(N[C@@H](CCO)c2ccccc2)ncn1. The van der Waals surface area contributed by atoms with Crippen molar-refractivity contribution in [1.82, 2.24) is 24.6 Å². The molecule has 8 heteroatoms. The number of aromatic nitrogens is 5. The zero-order chi connectivity index (χ0) is 18.6. The van der Waals surface area contributed by atoms with E-state index in [2.05, 4.69) is 25.4 Å². The minimum absolute atomic E-state index is 0.0649. The van der Waals surface area contributed by atoms with Gasteiger partial charge in [0, 0.05) is 25.1 Å². The fourth-order valence-corrected chi connectivity index (χ4v) is 3.04. The number of aliphatic hydroxyl groups is 1. The molecular formula is C19H19N7O. The van der Waals surface area contributed by atoms with Crippen LogP contribution in [0.15, 0.2) is 61.2 Å². The zero-order valence-electron chi connectivity index (χ0n) is 14.5. The second-order valence-corrected chi connectivity index (χ2v) is 6.06. The Labute approximate surface area is 155 Å². The Morgan fingerprint density at radius 3 is 2.78 bits per heavy atom. The largest absolute Gasteiger partial charge is 0.396 e. The average Bonchev–Trinajstić information content (AvgIpc) is 3.04. The highest BCUT2D eigenvalue weighted by atomic mass is 16.3. The Hall–Kier alpha value is -3.52. The Morgan fingerprint density at radius 2 is 1.96 bits per heavy atom. The van der Waals surface area contributed by atoms with Gasteiger partial charge in [0.2, 0.25) is 0 Å². The first-order valence-electron chi connectivity index (χ1n) is 8.60. The van der Waals surface area contributed by atoms with Crippen LogP contribution in [0.1, 0.15) is 18.0 Å². The topological polar surface area (TPSA) is 114 Å². The molecule has 0 saturated heterocycles. The predicted molar refractivity (Wildman–Crippen MR) is 103 cm³/mol. The van der Waals surface area contributed by atoms with Crippen LogP contribution in [0, 0.1) is 0 Å².